The van der Waals surface area contributed by atoms with Crippen LogP contribution in [-0.4, -0.2) is 54.4 Å². The van der Waals surface area contributed by atoms with E-state index in [2.05, 4.69) is 5.32 Å². The number of rotatable bonds is 7. The molecule has 0 radical (unpaired) electrons. The van der Waals surface area contributed by atoms with Crippen LogP contribution in [-0.2, 0) is 26.0 Å². The third-order valence-corrected chi connectivity index (χ3v) is 7.00. The van der Waals surface area contributed by atoms with Crippen molar-refractivity contribution in [3.8, 4) is 0 Å². The number of amides is 1. The van der Waals surface area contributed by atoms with Crippen LogP contribution in [0.1, 0.15) is 17.5 Å². The number of carbonyl (C=O) groups excluding carboxylic acids is 1. The van der Waals surface area contributed by atoms with E-state index in [1.165, 1.54) is 12.1 Å². The largest absolute Gasteiger partial charge is 0.480 e. The van der Waals surface area contributed by atoms with Crippen molar-refractivity contribution < 1.29 is 23.1 Å². The first-order chi connectivity index (χ1) is 14.2. The van der Waals surface area contributed by atoms with Crippen LogP contribution < -0.4 is 11.1 Å². The highest BCUT2D eigenvalue weighted by molar-refractivity contribution is 7.89. The molecule has 1 fully saturated rings. The van der Waals surface area contributed by atoms with Crippen LogP contribution in [0, 0.1) is 6.92 Å². The number of carbonyl (C=O) groups is 2. The first-order valence-corrected chi connectivity index (χ1v) is 11.0. The van der Waals surface area contributed by atoms with Crippen molar-refractivity contribution in [2.24, 2.45) is 5.73 Å². The van der Waals surface area contributed by atoms with E-state index in [0.717, 1.165) is 15.4 Å². The van der Waals surface area contributed by atoms with Crippen molar-refractivity contribution in [1.82, 2.24) is 9.62 Å². The van der Waals surface area contributed by atoms with Gasteiger partial charge in [0.15, 0.2) is 0 Å². The van der Waals surface area contributed by atoms with Crippen molar-refractivity contribution in [3.63, 3.8) is 0 Å². The second-order valence-corrected chi connectivity index (χ2v) is 9.38. The molecule has 0 aliphatic carbocycles. The highest BCUT2D eigenvalue weighted by Crippen LogP contribution is 2.26. The number of carboxylic acid groups (broad SMARTS) is 1. The van der Waals surface area contributed by atoms with Crippen LogP contribution in [0.2, 0.25) is 0 Å². The zero-order valence-electron chi connectivity index (χ0n) is 16.6. The molecule has 0 spiro atoms. The standard InChI is InChI=1S/C21H25N3O5S/c1-14-7-9-17(10-8-14)30(28,29)24-13-16(22)12-19(24)20(25)23-18(21(26)27)11-15-5-3-2-4-6-15/h2-10,16,18-19H,11-13,22H2,1H3,(H,23,25)(H,26,27)/t16-,18+,19+/m1/s1. The van der Waals surface area contributed by atoms with Gasteiger partial charge in [-0.3, -0.25) is 4.79 Å². The summed E-state index contributed by atoms with van der Waals surface area (Å²) in [5.74, 6) is -1.86. The van der Waals surface area contributed by atoms with Crippen molar-refractivity contribution in [3.05, 3.63) is 65.7 Å². The Bertz CT molecular complexity index is 1010. The van der Waals surface area contributed by atoms with E-state index in [1.54, 1.807) is 36.4 Å². The van der Waals surface area contributed by atoms with Crippen LogP contribution in [0.4, 0.5) is 0 Å². The van der Waals surface area contributed by atoms with Crippen molar-refractivity contribution in [1.29, 1.82) is 0 Å². The second kappa shape index (κ2) is 8.95. The van der Waals surface area contributed by atoms with Crippen LogP contribution in [0.15, 0.2) is 59.5 Å². The van der Waals surface area contributed by atoms with E-state index >= 15 is 0 Å². The van der Waals surface area contributed by atoms with Gasteiger partial charge in [0.05, 0.1) is 4.90 Å². The Morgan fingerprint density at radius 3 is 2.40 bits per heavy atom. The Hall–Kier alpha value is -2.75. The molecule has 160 valence electrons. The number of aliphatic carboxylic acids is 1. The van der Waals surface area contributed by atoms with Gasteiger partial charge < -0.3 is 16.2 Å². The number of hydrogen-bond acceptors (Lipinski definition) is 5. The summed E-state index contributed by atoms with van der Waals surface area (Å²) in [6, 6.07) is 12.5. The average molecular weight is 432 g/mol. The molecule has 30 heavy (non-hydrogen) atoms. The summed E-state index contributed by atoms with van der Waals surface area (Å²) in [6.45, 7) is 1.84. The predicted octanol–water partition coefficient (Wildman–Crippen LogP) is 0.897. The molecule has 1 amide bonds. The van der Waals surface area contributed by atoms with E-state index in [-0.39, 0.29) is 24.3 Å². The smallest absolute Gasteiger partial charge is 0.326 e. The number of nitrogens with one attached hydrogen (secondary N) is 1. The molecule has 0 aromatic heterocycles. The normalized spacial score (nSPS) is 20.6. The minimum atomic E-state index is -3.95. The van der Waals surface area contributed by atoms with Gasteiger partial charge >= 0.3 is 5.97 Å². The summed E-state index contributed by atoms with van der Waals surface area (Å²) in [7, 11) is -3.95. The minimum absolute atomic E-state index is 0.00921. The molecule has 1 heterocycles. The molecule has 3 atom stereocenters. The highest BCUT2D eigenvalue weighted by atomic mass is 32.2. The zero-order valence-corrected chi connectivity index (χ0v) is 17.4. The Morgan fingerprint density at radius 2 is 1.80 bits per heavy atom. The fraction of sp³-hybridized carbons (Fsp3) is 0.333. The number of nitrogens with zero attached hydrogens (tertiary/aromatic N) is 1. The molecule has 0 bridgehead atoms. The van der Waals surface area contributed by atoms with Crippen LogP contribution >= 0.6 is 0 Å². The quantitative estimate of drug-likeness (QED) is 0.597. The molecule has 3 rings (SSSR count). The summed E-state index contributed by atoms with van der Waals surface area (Å²) in [5, 5.41) is 12.0. The van der Waals surface area contributed by atoms with Crippen molar-refractivity contribution >= 4 is 21.9 Å². The number of hydrogen-bond donors (Lipinski definition) is 3. The average Bonchev–Trinajstić information content (AvgIpc) is 3.11. The number of nitrogens with two attached hydrogens (primary N) is 1. The third-order valence-electron chi connectivity index (χ3n) is 5.12. The van der Waals surface area contributed by atoms with Gasteiger partial charge in [-0.25, -0.2) is 13.2 Å². The van der Waals surface area contributed by atoms with Gasteiger partial charge in [0, 0.05) is 19.0 Å². The molecule has 0 unspecified atom stereocenters. The Morgan fingerprint density at radius 1 is 1.17 bits per heavy atom. The second-order valence-electron chi connectivity index (χ2n) is 7.49. The lowest BCUT2D eigenvalue weighted by atomic mass is 10.1. The fourth-order valence-electron chi connectivity index (χ4n) is 3.50. The van der Waals surface area contributed by atoms with Crippen molar-refractivity contribution in [2.75, 3.05) is 6.54 Å². The molecular formula is C21H25N3O5S. The number of carboxylic acids is 1. The van der Waals surface area contributed by atoms with E-state index < -0.39 is 40.0 Å². The van der Waals surface area contributed by atoms with E-state index in [1.807, 2.05) is 13.0 Å². The molecule has 1 aliphatic rings. The number of aryl methyl sites for hydroxylation is 1. The first-order valence-electron chi connectivity index (χ1n) is 9.59. The lowest BCUT2D eigenvalue weighted by Crippen LogP contribution is -2.51. The lowest BCUT2D eigenvalue weighted by Gasteiger charge is -2.25. The summed E-state index contributed by atoms with van der Waals surface area (Å²) in [5.41, 5.74) is 7.62. The molecule has 1 aliphatic heterocycles. The summed E-state index contributed by atoms with van der Waals surface area (Å²) in [6.07, 6.45) is 0.208. The van der Waals surface area contributed by atoms with Crippen LogP contribution in [0.3, 0.4) is 0 Å². The number of benzene rings is 2. The maximum absolute atomic E-state index is 13.1. The molecule has 8 nitrogen and oxygen atoms in total. The van der Waals surface area contributed by atoms with Crippen LogP contribution in [0.25, 0.3) is 0 Å². The summed E-state index contributed by atoms with van der Waals surface area (Å²) >= 11 is 0. The molecule has 2 aromatic carbocycles. The van der Waals surface area contributed by atoms with Crippen molar-refractivity contribution in [2.45, 2.75) is 42.8 Å². The lowest BCUT2D eigenvalue weighted by molar-refractivity contribution is -0.142. The van der Waals surface area contributed by atoms with Gasteiger partial charge in [0.1, 0.15) is 12.1 Å². The molecule has 0 saturated carbocycles. The predicted molar refractivity (Wildman–Crippen MR) is 111 cm³/mol. The molecular weight excluding hydrogens is 406 g/mol. The Labute approximate surface area is 175 Å². The maximum Gasteiger partial charge on any atom is 0.326 e. The van der Waals surface area contributed by atoms with E-state index in [4.69, 9.17) is 5.73 Å². The Balaban J connectivity index is 1.80. The molecule has 4 N–H and O–H groups in total. The summed E-state index contributed by atoms with van der Waals surface area (Å²) in [4.78, 5) is 24.7. The first kappa shape index (κ1) is 21.9. The van der Waals surface area contributed by atoms with Gasteiger partial charge in [0.2, 0.25) is 15.9 Å². The highest BCUT2D eigenvalue weighted by Gasteiger charge is 2.43. The van der Waals surface area contributed by atoms with Gasteiger partial charge in [-0.2, -0.15) is 4.31 Å². The van der Waals surface area contributed by atoms with Gasteiger partial charge in [-0.15, -0.1) is 0 Å². The maximum atomic E-state index is 13.1. The van der Waals surface area contributed by atoms with Gasteiger partial charge in [-0.1, -0.05) is 48.0 Å². The van der Waals surface area contributed by atoms with Gasteiger partial charge in [-0.05, 0) is 31.0 Å². The monoisotopic (exact) mass is 431 g/mol. The minimum Gasteiger partial charge on any atom is -0.480 e. The van der Waals surface area contributed by atoms with Gasteiger partial charge in [0.25, 0.3) is 0 Å². The van der Waals surface area contributed by atoms with E-state index in [9.17, 15) is 23.1 Å². The Kier molecular flexibility index (Phi) is 6.55. The zero-order chi connectivity index (χ0) is 21.9. The molecule has 2 aromatic rings. The summed E-state index contributed by atoms with van der Waals surface area (Å²) < 4.78 is 27.3. The topological polar surface area (TPSA) is 130 Å². The third kappa shape index (κ3) is 4.86. The molecule has 1 saturated heterocycles. The number of sulfonamides is 1. The fourth-order valence-corrected chi connectivity index (χ4v) is 5.16. The molecule has 9 heteroatoms. The SMILES string of the molecule is Cc1ccc(S(=O)(=O)N2C[C@H](N)C[C@H]2C(=O)N[C@@H](Cc2ccccc2)C(=O)O)cc1. The van der Waals surface area contributed by atoms with E-state index in [0.29, 0.717) is 0 Å². The van der Waals surface area contributed by atoms with Crippen LogP contribution in [0.5, 0.6) is 0 Å².